The highest BCUT2D eigenvalue weighted by Crippen LogP contribution is 2.44. The van der Waals surface area contributed by atoms with Gasteiger partial charge in [-0.2, -0.15) is 13.2 Å². The summed E-state index contributed by atoms with van der Waals surface area (Å²) in [5.41, 5.74) is 6.07. The van der Waals surface area contributed by atoms with Crippen LogP contribution in [-0.2, 0) is 19.0 Å². The Kier molecular flexibility index (Phi) is 5.17. The predicted molar refractivity (Wildman–Crippen MR) is 107 cm³/mol. The fraction of sp³-hybridized carbons (Fsp3) is 0.333. The number of thiophene rings is 1. The van der Waals surface area contributed by atoms with E-state index in [0.717, 1.165) is 23.8 Å². The van der Waals surface area contributed by atoms with Gasteiger partial charge in [-0.3, -0.25) is 4.79 Å². The van der Waals surface area contributed by atoms with Crippen molar-refractivity contribution in [3.05, 3.63) is 51.3 Å². The number of hydrogen-bond donors (Lipinski definition) is 1. The number of fused-ring (bicyclic) bond motifs is 3. The van der Waals surface area contributed by atoms with E-state index in [2.05, 4.69) is 4.98 Å². The first-order chi connectivity index (χ1) is 14.2. The summed E-state index contributed by atoms with van der Waals surface area (Å²) in [6.45, 7) is 1.98. The highest BCUT2D eigenvalue weighted by molar-refractivity contribution is 7.21. The van der Waals surface area contributed by atoms with Gasteiger partial charge in [-0.05, 0) is 61.9 Å². The minimum absolute atomic E-state index is 0.0278. The summed E-state index contributed by atoms with van der Waals surface area (Å²) in [6.07, 6.45) is -2.51. The van der Waals surface area contributed by atoms with Gasteiger partial charge in [-0.1, -0.05) is 0 Å². The maximum Gasteiger partial charge on any atom is 0.433 e. The Morgan fingerprint density at radius 3 is 2.60 bits per heavy atom. The average molecular weight is 438 g/mol. The number of nitrogen functional groups attached to an aromatic ring is 1. The molecule has 9 heteroatoms. The van der Waals surface area contributed by atoms with Crippen molar-refractivity contribution >= 4 is 33.0 Å². The standard InChI is InChI=1S/C21H18F4N2O2S/c1-2-29-14-8-7-10(22)9-13(14)17(28)18-16(26)15-11-5-3-4-6-12(11)19(21(23,24)25)27-20(15)30-18/h7-9H,2-6,26H2,1H3. The van der Waals surface area contributed by atoms with Gasteiger partial charge in [0.15, 0.2) is 0 Å². The third kappa shape index (κ3) is 3.40. The van der Waals surface area contributed by atoms with Crippen molar-refractivity contribution < 1.29 is 27.1 Å². The fourth-order valence-electron chi connectivity index (χ4n) is 3.90. The van der Waals surface area contributed by atoms with E-state index in [0.29, 0.717) is 23.8 Å². The molecule has 2 N–H and O–H groups in total. The number of nitrogens with two attached hydrogens (primary N) is 1. The highest BCUT2D eigenvalue weighted by atomic mass is 32.1. The second-order valence-electron chi connectivity index (χ2n) is 7.05. The first kappa shape index (κ1) is 20.6. The maximum atomic E-state index is 13.8. The van der Waals surface area contributed by atoms with Gasteiger partial charge in [0.05, 0.1) is 17.9 Å². The topological polar surface area (TPSA) is 65.2 Å². The van der Waals surface area contributed by atoms with E-state index in [9.17, 15) is 22.4 Å². The SMILES string of the molecule is CCOc1ccc(F)cc1C(=O)c1sc2nc(C(F)(F)F)c3c(c2c1N)CCCC3. The molecule has 158 valence electrons. The van der Waals surface area contributed by atoms with Crippen molar-refractivity contribution in [2.45, 2.75) is 38.8 Å². The summed E-state index contributed by atoms with van der Waals surface area (Å²) >= 11 is 0.799. The Bertz CT molecular complexity index is 1150. The van der Waals surface area contributed by atoms with Gasteiger partial charge in [-0.15, -0.1) is 11.3 Å². The van der Waals surface area contributed by atoms with Crippen LogP contribution in [0, 0.1) is 5.82 Å². The number of ketones is 1. The van der Waals surface area contributed by atoms with Gasteiger partial charge in [0.2, 0.25) is 5.78 Å². The summed E-state index contributed by atoms with van der Waals surface area (Å²) < 4.78 is 60.0. The zero-order valence-electron chi connectivity index (χ0n) is 16.0. The maximum absolute atomic E-state index is 13.8. The van der Waals surface area contributed by atoms with E-state index in [-0.39, 0.29) is 45.3 Å². The summed E-state index contributed by atoms with van der Waals surface area (Å²) in [7, 11) is 0. The molecule has 4 rings (SSSR count). The normalized spacial score (nSPS) is 14.0. The van der Waals surface area contributed by atoms with Crippen molar-refractivity contribution in [3.8, 4) is 5.75 Å². The number of carbonyl (C=O) groups excluding carboxylic acids is 1. The Hall–Kier alpha value is -2.68. The van der Waals surface area contributed by atoms with Crippen LogP contribution in [-0.4, -0.2) is 17.4 Å². The second-order valence-corrected chi connectivity index (χ2v) is 8.05. The molecule has 0 saturated heterocycles. The van der Waals surface area contributed by atoms with Crippen LogP contribution in [0.25, 0.3) is 10.2 Å². The van der Waals surface area contributed by atoms with E-state index >= 15 is 0 Å². The molecular formula is C21H18F4N2O2S. The number of carbonyl (C=O) groups is 1. The number of benzene rings is 1. The quantitative estimate of drug-likeness (QED) is 0.429. The molecule has 0 fully saturated rings. The highest BCUT2D eigenvalue weighted by Gasteiger charge is 2.39. The number of ether oxygens (including phenoxy) is 1. The lowest BCUT2D eigenvalue weighted by Gasteiger charge is -2.21. The lowest BCUT2D eigenvalue weighted by atomic mass is 9.88. The number of hydrogen-bond acceptors (Lipinski definition) is 5. The molecule has 0 bridgehead atoms. The van der Waals surface area contributed by atoms with E-state index in [1.807, 2.05) is 0 Å². The molecule has 1 aliphatic carbocycles. The summed E-state index contributed by atoms with van der Waals surface area (Å²) in [6, 6.07) is 3.56. The molecule has 2 aromatic heterocycles. The van der Waals surface area contributed by atoms with E-state index in [4.69, 9.17) is 10.5 Å². The molecule has 0 saturated carbocycles. The van der Waals surface area contributed by atoms with Crippen molar-refractivity contribution in [1.82, 2.24) is 4.98 Å². The van der Waals surface area contributed by atoms with Gasteiger partial charge in [0.25, 0.3) is 0 Å². The fourth-order valence-corrected chi connectivity index (χ4v) is 4.98. The molecule has 0 aliphatic heterocycles. The first-order valence-electron chi connectivity index (χ1n) is 9.50. The monoisotopic (exact) mass is 438 g/mol. The van der Waals surface area contributed by atoms with Crippen LogP contribution >= 0.6 is 11.3 Å². The van der Waals surface area contributed by atoms with Gasteiger partial charge in [0, 0.05) is 5.39 Å². The first-order valence-corrected chi connectivity index (χ1v) is 10.3. The number of aryl methyl sites for hydroxylation is 1. The minimum Gasteiger partial charge on any atom is -0.493 e. The lowest BCUT2D eigenvalue weighted by molar-refractivity contribution is -0.141. The molecule has 2 heterocycles. The largest absolute Gasteiger partial charge is 0.493 e. The predicted octanol–water partition coefficient (Wildman–Crippen LogP) is 5.54. The minimum atomic E-state index is -4.59. The molecule has 1 aromatic carbocycles. The van der Waals surface area contributed by atoms with Gasteiger partial charge < -0.3 is 10.5 Å². The zero-order valence-corrected chi connectivity index (χ0v) is 16.8. The van der Waals surface area contributed by atoms with Gasteiger partial charge in [-0.25, -0.2) is 9.37 Å². The van der Waals surface area contributed by atoms with Crippen LogP contribution in [0.2, 0.25) is 0 Å². The summed E-state index contributed by atoms with van der Waals surface area (Å²) in [4.78, 5) is 17.1. The number of alkyl halides is 3. The Morgan fingerprint density at radius 1 is 1.23 bits per heavy atom. The van der Waals surface area contributed by atoms with Crippen molar-refractivity contribution in [1.29, 1.82) is 0 Å². The molecule has 1 aliphatic rings. The van der Waals surface area contributed by atoms with Gasteiger partial charge >= 0.3 is 6.18 Å². The number of pyridine rings is 1. The molecule has 0 amide bonds. The molecular weight excluding hydrogens is 420 g/mol. The zero-order chi connectivity index (χ0) is 21.6. The summed E-state index contributed by atoms with van der Waals surface area (Å²) in [5, 5.41) is 0.403. The number of halogens is 4. The Morgan fingerprint density at radius 2 is 1.93 bits per heavy atom. The molecule has 4 nitrogen and oxygen atoms in total. The average Bonchev–Trinajstić information content (AvgIpc) is 3.04. The molecule has 0 unspecified atom stereocenters. The molecule has 30 heavy (non-hydrogen) atoms. The number of nitrogens with zero attached hydrogens (tertiary/aromatic N) is 1. The van der Waals surface area contributed by atoms with Crippen LogP contribution in [0.15, 0.2) is 18.2 Å². The Labute approximate surface area is 173 Å². The number of anilines is 1. The number of aromatic nitrogens is 1. The van der Waals surface area contributed by atoms with Gasteiger partial charge in [0.1, 0.15) is 27.0 Å². The smallest absolute Gasteiger partial charge is 0.433 e. The third-order valence-electron chi connectivity index (χ3n) is 5.16. The molecule has 0 atom stereocenters. The molecule has 3 aromatic rings. The molecule has 0 spiro atoms. The molecule has 0 radical (unpaired) electrons. The summed E-state index contributed by atoms with van der Waals surface area (Å²) in [5.74, 6) is -1.04. The van der Waals surface area contributed by atoms with Crippen LogP contribution in [0.4, 0.5) is 23.2 Å². The van der Waals surface area contributed by atoms with Crippen molar-refractivity contribution in [2.24, 2.45) is 0 Å². The van der Waals surface area contributed by atoms with Crippen molar-refractivity contribution in [2.75, 3.05) is 12.3 Å². The van der Waals surface area contributed by atoms with Crippen LogP contribution in [0.3, 0.4) is 0 Å². The van der Waals surface area contributed by atoms with E-state index in [1.165, 1.54) is 12.1 Å². The van der Waals surface area contributed by atoms with Crippen LogP contribution in [0.5, 0.6) is 5.75 Å². The van der Waals surface area contributed by atoms with Crippen LogP contribution < -0.4 is 10.5 Å². The van der Waals surface area contributed by atoms with Crippen molar-refractivity contribution in [3.63, 3.8) is 0 Å². The third-order valence-corrected chi connectivity index (χ3v) is 6.25. The number of rotatable bonds is 4. The lowest BCUT2D eigenvalue weighted by Crippen LogP contribution is -2.17. The Balaban J connectivity index is 1.93. The van der Waals surface area contributed by atoms with Crippen LogP contribution in [0.1, 0.15) is 51.8 Å². The van der Waals surface area contributed by atoms with E-state index < -0.39 is 23.5 Å². The second kappa shape index (κ2) is 7.54. The van der Waals surface area contributed by atoms with E-state index in [1.54, 1.807) is 6.92 Å².